The van der Waals surface area contributed by atoms with Crippen LogP contribution < -0.4 is 16.4 Å². The van der Waals surface area contributed by atoms with E-state index in [2.05, 4.69) is 10.6 Å². The first kappa shape index (κ1) is 16.5. The summed E-state index contributed by atoms with van der Waals surface area (Å²) in [6, 6.07) is 5.38. The van der Waals surface area contributed by atoms with Crippen molar-refractivity contribution in [1.82, 2.24) is 5.32 Å². The highest BCUT2D eigenvalue weighted by atomic mass is 16.2. The number of rotatable bonds is 4. The summed E-state index contributed by atoms with van der Waals surface area (Å²) >= 11 is 0. The molecule has 0 heterocycles. The van der Waals surface area contributed by atoms with Crippen LogP contribution in [0.2, 0.25) is 0 Å². The molecule has 120 valence electrons. The normalized spacial score (nSPS) is 16.6. The fraction of sp³-hybridized carbons (Fsp3) is 0.529. The summed E-state index contributed by atoms with van der Waals surface area (Å²) in [7, 11) is 0. The van der Waals surface area contributed by atoms with Crippen LogP contribution in [-0.2, 0) is 4.79 Å². The topological polar surface area (TPSA) is 84.2 Å². The van der Waals surface area contributed by atoms with Gasteiger partial charge in [0.2, 0.25) is 5.91 Å². The minimum Gasteiger partial charge on any atom is -0.350 e. The van der Waals surface area contributed by atoms with Gasteiger partial charge in [-0.2, -0.15) is 0 Å². The summed E-state index contributed by atoms with van der Waals surface area (Å²) in [6.45, 7) is 5.70. The van der Waals surface area contributed by atoms with Gasteiger partial charge in [-0.05, 0) is 57.4 Å². The maximum Gasteiger partial charge on any atom is 0.251 e. The average Bonchev–Trinajstić information content (AvgIpc) is 2.86. The van der Waals surface area contributed by atoms with Crippen LogP contribution in [0.1, 0.15) is 55.5 Å². The van der Waals surface area contributed by atoms with E-state index in [4.69, 9.17) is 5.73 Å². The molecular weight excluding hydrogens is 278 g/mol. The molecule has 22 heavy (non-hydrogen) atoms. The number of benzene rings is 1. The first-order valence-corrected chi connectivity index (χ1v) is 7.84. The summed E-state index contributed by atoms with van der Waals surface area (Å²) in [5, 5.41) is 5.74. The van der Waals surface area contributed by atoms with Crippen LogP contribution >= 0.6 is 0 Å². The largest absolute Gasteiger partial charge is 0.350 e. The molecule has 0 aromatic heterocycles. The van der Waals surface area contributed by atoms with Crippen molar-refractivity contribution in [2.45, 2.75) is 58.0 Å². The number of aryl methyl sites for hydroxylation is 1. The Morgan fingerprint density at radius 1 is 1.23 bits per heavy atom. The number of amides is 2. The first-order valence-electron chi connectivity index (χ1n) is 7.84. The van der Waals surface area contributed by atoms with Crippen molar-refractivity contribution < 1.29 is 9.59 Å². The lowest BCUT2D eigenvalue weighted by molar-refractivity contribution is -0.121. The quantitative estimate of drug-likeness (QED) is 0.798. The van der Waals surface area contributed by atoms with E-state index in [1.165, 1.54) is 0 Å². The van der Waals surface area contributed by atoms with Crippen molar-refractivity contribution >= 4 is 17.5 Å². The molecule has 1 aromatic rings. The smallest absolute Gasteiger partial charge is 0.251 e. The monoisotopic (exact) mass is 303 g/mol. The van der Waals surface area contributed by atoms with Gasteiger partial charge in [0.1, 0.15) is 0 Å². The van der Waals surface area contributed by atoms with Crippen molar-refractivity contribution in [3.63, 3.8) is 0 Å². The van der Waals surface area contributed by atoms with E-state index in [-0.39, 0.29) is 17.9 Å². The Kier molecular flexibility index (Phi) is 4.86. The van der Waals surface area contributed by atoms with E-state index >= 15 is 0 Å². The number of carbonyl (C=O) groups is 2. The molecule has 1 aromatic carbocycles. The molecule has 1 aliphatic carbocycles. The highest BCUT2D eigenvalue weighted by molar-refractivity contribution is 6.00. The Balaban J connectivity index is 2.09. The number of anilines is 1. The number of carbonyl (C=O) groups excluding carboxylic acids is 2. The standard InChI is InChI=1S/C17H25N3O2/c1-11(2)19-15(21)14-7-6-13(10-12(14)3)20-16(22)17(18)8-4-5-9-17/h6-7,10-11H,4-5,8-9,18H2,1-3H3,(H,19,21)(H,20,22). The van der Waals surface area contributed by atoms with Gasteiger partial charge in [0.15, 0.2) is 0 Å². The Labute approximate surface area is 131 Å². The highest BCUT2D eigenvalue weighted by Gasteiger charge is 2.36. The van der Waals surface area contributed by atoms with Gasteiger partial charge < -0.3 is 16.4 Å². The molecule has 5 nitrogen and oxygen atoms in total. The van der Waals surface area contributed by atoms with Crippen LogP contribution in [0.3, 0.4) is 0 Å². The van der Waals surface area contributed by atoms with E-state index in [0.29, 0.717) is 11.3 Å². The summed E-state index contributed by atoms with van der Waals surface area (Å²) in [6.07, 6.45) is 3.45. The molecule has 4 N–H and O–H groups in total. The molecule has 1 saturated carbocycles. The van der Waals surface area contributed by atoms with Crippen LogP contribution in [-0.4, -0.2) is 23.4 Å². The number of nitrogens with two attached hydrogens (primary N) is 1. The average molecular weight is 303 g/mol. The van der Waals surface area contributed by atoms with E-state index in [0.717, 1.165) is 31.2 Å². The Hall–Kier alpha value is -1.88. The van der Waals surface area contributed by atoms with E-state index < -0.39 is 5.54 Å². The SMILES string of the molecule is Cc1cc(NC(=O)C2(N)CCCC2)ccc1C(=O)NC(C)C. The molecule has 0 aliphatic heterocycles. The molecule has 0 spiro atoms. The predicted molar refractivity (Wildman–Crippen MR) is 87.8 cm³/mol. The van der Waals surface area contributed by atoms with Crippen molar-refractivity contribution in [3.8, 4) is 0 Å². The third-order valence-corrected chi connectivity index (χ3v) is 4.10. The first-order chi connectivity index (χ1) is 10.3. The van der Waals surface area contributed by atoms with Crippen molar-refractivity contribution in [2.75, 3.05) is 5.32 Å². The molecule has 2 amide bonds. The summed E-state index contributed by atoms with van der Waals surface area (Å²) in [5.41, 5.74) is 7.53. The molecule has 5 heteroatoms. The molecular formula is C17H25N3O2. The predicted octanol–water partition coefficient (Wildman–Crippen LogP) is 2.34. The van der Waals surface area contributed by atoms with Gasteiger partial charge in [0.05, 0.1) is 5.54 Å². The number of nitrogens with one attached hydrogen (secondary N) is 2. The maximum absolute atomic E-state index is 12.3. The van der Waals surface area contributed by atoms with Crippen molar-refractivity contribution in [3.05, 3.63) is 29.3 Å². The fourth-order valence-electron chi connectivity index (χ4n) is 2.82. The second kappa shape index (κ2) is 6.48. The molecule has 1 fully saturated rings. The molecule has 0 saturated heterocycles. The summed E-state index contributed by atoms with van der Waals surface area (Å²) in [4.78, 5) is 24.3. The number of hydrogen-bond acceptors (Lipinski definition) is 3. The van der Waals surface area contributed by atoms with Gasteiger partial charge in [-0.15, -0.1) is 0 Å². The van der Waals surface area contributed by atoms with Crippen molar-refractivity contribution in [2.24, 2.45) is 5.73 Å². The van der Waals surface area contributed by atoms with Crippen LogP contribution in [0.25, 0.3) is 0 Å². The zero-order valence-corrected chi connectivity index (χ0v) is 13.5. The minimum absolute atomic E-state index is 0.0887. The van der Waals surface area contributed by atoms with Gasteiger partial charge in [0.25, 0.3) is 5.91 Å². The van der Waals surface area contributed by atoms with Crippen LogP contribution in [0.5, 0.6) is 0 Å². The third kappa shape index (κ3) is 3.65. The molecule has 0 bridgehead atoms. The lowest BCUT2D eigenvalue weighted by atomic mass is 9.98. The third-order valence-electron chi connectivity index (χ3n) is 4.10. The van der Waals surface area contributed by atoms with E-state index in [1.807, 2.05) is 26.8 Å². The van der Waals surface area contributed by atoms with E-state index in [1.54, 1.807) is 12.1 Å². The minimum atomic E-state index is -0.748. The maximum atomic E-state index is 12.3. The molecule has 1 aliphatic rings. The van der Waals surface area contributed by atoms with Crippen LogP contribution in [0, 0.1) is 6.92 Å². The zero-order valence-electron chi connectivity index (χ0n) is 13.5. The van der Waals surface area contributed by atoms with Gasteiger partial charge in [-0.3, -0.25) is 9.59 Å². The second-order valence-corrected chi connectivity index (χ2v) is 6.48. The zero-order chi connectivity index (χ0) is 16.3. The fourth-order valence-corrected chi connectivity index (χ4v) is 2.82. The Morgan fingerprint density at radius 3 is 2.41 bits per heavy atom. The van der Waals surface area contributed by atoms with Crippen LogP contribution in [0.4, 0.5) is 5.69 Å². The van der Waals surface area contributed by atoms with Gasteiger partial charge in [-0.1, -0.05) is 12.8 Å². The Morgan fingerprint density at radius 2 is 1.86 bits per heavy atom. The highest BCUT2D eigenvalue weighted by Crippen LogP contribution is 2.28. The van der Waals surface area contributed by atoms with E-state index in [9.17, 15) is 9.59 Å². The molecule has 0 radical (unpaired) electrons. The van der Waals surface area contributed by atoms with Gasteiger partial charge in [-0.25, -0.2) is 0 Å². The number of hydrogen-bond donors (Lipinski definition) is 3. The Bertz CT molecular complexity index is 575. The molecule has 0 atom stereocenters. The summed E-state index contributed by atoms with van der Waals surface area (Å²) < 4.78 is 0. The molecule has 2 rings (SSSR count). The van der Waals surface area contributed by atoms with Gasteiger partial charge >= 0.3 is 0 Å². The second-order valence-electron chi connectivity index (χ2n) is 6.48. The van der Waals surface area contributed by atoms with Crippen LogP contribution in [0.15, 0.2) is 18.2 Å². The summed E-state index contributed by atoms with van der Waals surface area (Å²) in [5.74, 6) is -0.236. The van der Waals surface area contributed by atoms with Crippen molar-refractivity contribution in [1.29, 1.82) is 0 Å². The molecule has 0 unspecified atom stereocenters. The lowest BCUT2D eigenvalue weighted by Gasteiger charge is -2.22. The lowest BCUT2D eigenvalue weighted by Crippen LogP contribution is -2.48. The van der Waals surface area contributed by atoms with Gasteiger partial charge in [0, 0.05) is 17.3 Å².